The standard InChI is InChI=1S/C12H13ClN2O3/c1-7-5-15(6-8(7)12(17)18)11(16)9-3-2-4-10(13)14-9/h2-4,7-8H,5-6H2,1H3,(H,17,18)/t7-,8-/m1/s1. The van der Waals surface area contributed by atoms with Crippen molar-refractivity contribution in [2.24, 2.45) is 11.8 Å². The summed E-state index contributed by atoms with van der Waals surface area (Å²) in [5, 5.41) is 9.28. The molecule has 1 fully saturated rings. The molecule has 1 saturated heterocycles. The molecule has 1 aliphatic rings. The molecule has 96 valence electrons. The monoisotopic (exact) mass is 268 g/mol. The van der Waals surface area contributed by atoms with E-state index in [9.17, 15) is 9.59 Å². The molecule has 1 N–H and O–H groups in total. The summed E-state index contributed by atoms with van der Waals surface area (Å²) in [7, 11) is 0. The molecule has 2 atom stereocenters. The molecule has 1 aliphatic heterocycles. The summed E-state index contributed by atoms with van der Waals surface area (Å²) in [5.74, 6) is -1.69. The van der Waals surface area contributed by atoms with Crippen molar-refractivity contribution in [3.8, 4) is 0 Å². The number of halogens is 1. The minimum Gasteiger partial charge on any atom is -0.481 e. The van der Waals surface area contributed by atoms with Gasteiger partial charge in [0.15, 0.2) is 0 Å². The molecule has 0 radical (unpaired) electrons. The van der Waals surface area contributed by atoms with Crippen LogP contribution in [0.25, 0.3) is 0 Å². The smallest absolute Gasteiger partial charge is 0.308 e. The summed E-state index contributed by atoms with van der Waals surface area (Å²) >= 11 is 5.73. The van der Waals surface area contributed by atoms with Gasteiger partial charge in [-0.25, -0.2) is 4.98 Å². The van der Waals surface area contributed by atoms with Gasteiger partial charge in [-0.2, -0.15) is 0 Å². The molecule has 0 aromatic carbocycles. The summed E-state index contributed by atoms with van der Waals surface area (Å²) in [6.45, 7) is 2.49. The summed E-state index contributed by atoms with van der Waals surface area (Å²) in [6.07, 6.45) is 0. The average molecular weight is 269 g/mol. The lowest BCUT2D eigenvalue weighted by Gasteiger charge is -2.15. The van der Waals surface area contributed by atoms with Crippen LogP contribution in [0.5, 0.6) is 0 Å². The molecule has 5 nitrogen and oxygen atoms in total. The Kier molecular flexibility index (Phi) is 3.52. The Morgan fingerprint density at radius 1 is 1.44 bits per heavy atom. The van der Waals surface area contributed by atoms with Crippen LogP contribution in [0.2, 0.25) is 5.15 Å². The van der Waals surface area contributed by atoms with Gasteiger partial charge in [0.25, 0.3) is 5.91 Å². The maximum absolute atomic E-state index is 12.1. The van der Waals surface area contributed by atoms with E-state index in [1.807, 2.05) is 6.92 Å². The second-order valence-electron chi connectivity index (χ2n) is 4.48. The maximum Gasteiger partial charge on any atom is 0.308 e. The van der Waals surface area contributed by atoms with E-state index in [1.54, 1.807) is 18.2 Å². The summed E-state index contributed by atoms with van der Waals surface area (Å²) in [4.78, 5) is 28.6. The van der Waals surface area contributed by atoms with Crippen molar-refractivity contribution in [1.29, 1.82) is 0 Å². The predicted molar refractivity (Wildman–Crippen MR) is 65.4 cm³/mol. The quantitative estimate of drug-likeness (QED) is 0.826. The fourth-order valence-corrected chi connectivity index (χ4v) is 2.31. The zero-order chi connectivity index (χ0) is 13.3. The van der Waals surface area contributed by atoms with E-state index in [0.717, 1.165) is 0 Å². The van der Waals surface area contributed by atoms with Crippen molar-refractivity contribution in [3.63, 3.8) is 0 Å². The van der Waals surface area contributed by atoms with E-state index in [-0.39, 0.29) is 29.2 Å². The van der Waals surface area contributed by atoms with Gasteiger partial charge < -0.3 is 10.0 Å². The molecule has 2 rings (SSSR count). The number of nitrogens with zero attached hydrogens (tertiary/aromatic N) is 2. The van der Waals surface area contributed by atoms with Crippen LogP contribution in [0.3, 0.4) is 0 Å². The number of hydrogen-bond donors (Lipinski definition) is 1. The Labute approximate surface area is 109 Å². The van der Waals surface area contributed by atoms with E-state index in [0.29, 0.717) is 6.54 Å². The number of pyridine rings is 1. The van der Waals surface area contributed by atoms with Gasteiger partial charge in [0.05, 0.1) is 5.92 Å². The lowest BCUT2D eigenvalue weighted by molar-refractivity contribution is -0.142. The Morgan fingerprint density at radius 3 is 2.72 bits per heavy atom. The molecule has 0 aliphatic carbocycles. The van der Waals surface area contributed by atoms with E-state index < -0.39 is 11.9 Å². The zero-order valence-corrected chi connectivity index (χ0v) is 10.6. The zero-order valence-electron chi connectivity index (χ0n) is 9.84. The molecule has 0 unspecified atom stereocenters. The number of aromatic nitrogens is 1. The minimum absolute atomic E-state index is 0.0503. The number of hydrogen-bond acceptors (Lipinski definition) is 3. The number of carboxylic acid groups (broad SMARTS) is 1. The number of carbonyl (C=O) groups is 2. The molecular weight excluding hydrogens is 256 g/mol. The predicted octanol–water partition coefficient (Wildman–Crippen LogP) is 1.53. The fraction of sp³-hybridized carbons (Fsp3) is 0.417. The van der Waals surface area contributed by atoms with Crippen LogP contribution < -0.4 is 0 Å². The number of rotatable bonds is 2. The van der Waals surface area contributed by atoms with Gasteiger partial charge in [0.2, 0.25) is 0 Å². The van der Waals surface area contributed by atoms with Crippen molar-refractivity contribution in [2.75, 3.05) is 13.1 Å². The number of likely N-dealkylation sites (tertiary alicyclic amines) is 1. The number of carboxylic acids is 1. The summed E-state index contributed by atoms with van der Waals surface area (Å²) in [5.41, 5.74) is 0.251. The normalized spacial score (nSPS) is 23.1. The van der Waals surface area contributed by atoms with E-state index in [1.165, 1.54) is 4.90 Å². The third-order valence-electron chi connectivity index (χ3n) is 3.15. The van der Waals surface area contributed by atoms with Gasteiger partial charge in [0, 0.05) is 13.1 Å². The molecule has 18 heavy (non-hydrogen) atoms. The van der Waals surface area contributed by atoms with Crippen LogP contribution in [-0.4, -0.2) is 40.0 Å². The first-order valence-electron chi connectivity index (χ1n) is 5.63. The van der Waals surface area contributed by atoms with Crippen molar-refractivity contribution in [3.05, 3.63) is 29.0 Å². The Bertz CT molecular complexity index is 492. The molecule has 2 heterocycles. The fourth-order valence-electron chi connectivity index (χ4n) is 2.14. The van der Waals surface area contributed by atoms with Gasteiger partial charge in [-0.1, -0.05) is 24.6 Å². The van der Waals surface area contributed by atoms with Crippen molar-refractivity contribution in [2.45, 2.75) is 6.92 Å². The van der Waals surface area contributed by atoms with Crippen LogP contribution >= 0.6 is 11.6 Å². The van der Waals surface area contributed by atoms with E-state index in [2.05, 4.69) is 4.98 Å². The molecule has 0 spiro atoms. The average Bonchev–Trinajstić information content (AvgIpc) is 2.70. The highest BCUT2D eigenvalue weighted by Gasteiger charge is 2.37. The van der Waals surface area contributed by atoms with Gasteiger partial charge in [-0.05, 0) is 18.1 Å². The van der Waals surface area contributed by atoms with Crippen molar-refractivity contribution in [1.82, 2.24) is 9.88 Å². The van der Waals surface area contributed by atoms with Gasteiger partial charge in [0.1, 0.15) is 10.8 Å². The van der Waals surface area contributed by atoms with Crippen LogP contribution in [0.15, 0.2) is 18.2 Å². The van der Waals surface area contributed by atoms with Gasteiger partial charge in [-0.15, -0.1) is 0 Å². The van der Waals surface area contributed by atoms with Crippen LogP contribution in [0.4, 0.5) is 0 Å². The number of carbonyl (C=O) groups excluding carboxylic acids is 1. The Balaban J connectivity index is 2.14. The first-order chi connectivity index (χ1) is 8.49. The molecule has 6 heteroatoms. The van der Waals surface area contributed by atoms with Crippen LogP contribution in [-0.2, 0) is 4.79 Å². The molecule has 0 bridgehead atoms. The second kappa shape index (κ2) is 4.94. The first kappa shape index (κ1) is 12.8. The van der Waals surface area contributed by atoms with Crippen molar-refractivity contribution >= 4 is 23.5 Å². The topological polar surface area (TPSA) is 70.5 Å². The number of amides is 1. The van der Waals surface area contributed by atoms with E-state index in [4.69, 9.17) is 16.7 Å². The SMILES string of the molecule is C[C@@H]1CN(C(=O)c2cccc(Cl)n2)C[C@H]1C(=O)O. The summed E-state index contributed by atoms with van der Waals surface area (Å²) in [6, 6.07) is 4.81. The van der Waals surface area contributed by atoms with Gasteiger partial charge in [-0.3, -0.25) is 9.59 Å². The molecule has 0 saturated carbocycles. The van der Waals surface area contributed by atoms with E-state index >= 15 is 0 Å². The van der Waals surface area contributed by atoms with Crippen LogP contribution in [0, 0.1) is 11.8 Å². The largest absolute Gasteiger partial charge is 0.481 e. The third kappa shape index (κ3) is 2.46. The Hall–Kier alpha value is -1.62. The first-order valence-corrected chi connectivity index (χ1v) is 6.01. The number of aliphatic carboxylic acids is 1. The molecule has 1 aromatic heterocycles. The third-order valence-corrected chi connectivity index (χ3v) is 3.36. The second-order valence-corrected chi connectivity index (χ2v) is 4.86. The molecular formula is C12H13ClN2O3. The van der Waals surface area contributed by atoms with Crippen molar-refractivity contribution < 1.29 is 14.7 Å². The van der Waals surface area contributed by atoms with Gasteiger partial charge >= 0.3 is 5.97 Å². The highest BCUT2D eigenvalue weighted by Crippen LogP contribution is 2.24. The molecule has 1 amide bonds. The highest BCUT2D eigenvalue weighted by molar-refractivity contribution is 6.29. The highest BCUT2D eigenvalue weighted by atomic mass is 35.5. The lowest BCUT2D eigenvalue weighted by Crippen LogP contribution is -2.30. The Morgan fingerprint density at radius 2 is 2.17 bits per heavy atom. The maximum atomic E-state index is 12.1. The molecule has 1 aromatic rings. The lowest BCUT2D eigenvalue weighted by atomic mass is 9.99. The van der Waals surface area contributed by atoms with Crippen LogP contribution in [0.1, 0.15) is 17.4 Å². The summed E-state index contributed by atoms with van der Waals surface area (Å²) < 4.78 is 0. The minimum atomic E-state index is -0.864.